The Morgan fingerprint density at radius 1 is 0.722 bits per heavy atom. The molecule has 192 valence electrons. The summed E-state index contributed by atoms with van der Waals surface area (Å²) in [7, 11) is 4.84. The van der Waals surface area contributed by atoms with Crippen molar-refractivity contribution in [2.75, 3.05) is 21.3 Å². The third kappa shape index (κ3) is 6.01. The zero-order chi connectivity index (χ0) is 26.7. The third-order valence-corrected chi connectivity index (χ3v) is 6.18. The van der Waals surface area contributed by atoms with Gasteiger partial charge in [-0.25, -0.2) is 4.79 Å². The fourth-order valence-electron chi connectivity index (χ4n) is 4.17. The summed E-state index contributed by atoms with van der Waals surface area (Å²) in [6.45, 7) is 12.6. The average Bonchev–Trinajstić information content (AvgIpc) is 2.83. The molecule has 5 nitrogen and oxygen atoms in total. The maximum atomic E-state index is 13.6. The van der Waals surface area contributed by atoms with Gasteiger partial charge in [0.2, 0.25) is 0 Å². The lowest BCUT2D eigenvalue weighted by molar-refractivity contribution is 0.0727. The number of rotatable bonds is 7. The van der Waals surface area contributed by atoms with Crippen molar-refractivity contribution in [3.63, 3.8) is 0 Å². The van der Waals surface area contributed by atoms with Crippen molar-refractivity contribution >= 4 is 5.97 Å². The van der Waals surface area contributed by atoms with Crippen molar-refractivity contribution in [2.24, 2.45) is 0 Å². The number of esters is 1. The Morgan fingerprint density at radius 2 is 1.22 bits per heavy atom. The zero-order valence-corrected chi connectivity index (χ0v) is 22.9. The molecule has 0 saturated carbocycles. The van der Waals surface area contributed by atoms with Crippen LogP contribution in [0.2, 0.25) is 0 Å². The van der Waals surface area contributed by atoms with Crippen LogP contribution in [0.3, 0.4) is 0 Å². The Balaban J connectivity index is 2.09. The van der Waals surface area contributed by atoms with E-state index in [1.54, 1.807) is 33.5 Å². The zero-order valence-electron chi connectivity index (χ0n) is 22.9. The first-order valence-corrected chi connectivity index (χ1v) is 12.1. The molecule has 36 heavy (non-hydrogen) atoms. The summed E-state index contributed by atoms with van der Waals surface area (Å²) in [5.41, 5.74) is 3.60. The van der Waals surface area contributed by atoms with Crippen LogP contribution in [-0.4, -0.2) is 27.3 Å². The summed E-state index contributed by atoms with van der Waals surface area (Å²) in [4.78, 5) is 13.6. The van der Waals surface area contributed by atoms with Crippen LogP contribution < -0.4 is 18.9 Å². The molecule has 0 atom stereocenters. The molecule has 3 aromatic carbocycles. The van der Waals surface area contributed by atoms with Gasteiger partial charge in [-0.15, -0.1) is 0 Å². The maximum absolute atomic E-state index is 13.6. The van der Waals surface area contributed by atoms with Gasteiger partial charge in [0, 0.05) is 23.1 Å². The van der Waals surface area contributed by atoms with Gasteiger partial charge in [0.25, 0.3) is 0 Å². The highest BCUT2D eigenvalue weighted by atomic mass is 16.5. The van der Waals surface area contributed by atoms with Crippen LogP contribution in [0.5, 0.6) is 23.0 Å². The number of ether oxygens (including phenoxy) is 4. The van der Waals surface area contributed by atoms with Crippen LogP contribution in [0.1, 0.15) is 74.2 Å². The number of hydrogen-bond acceptors (Lipinski definition) is 5. The van der Waals surface area contributed by atoms with E-state index in [-0.39, 0.29) is 10.8 Å². The smallest absolute Gasteiger partial charge is 0.343 e. The molecule has 0 bridgehead atoms. The van der Waals surface area contributed by atoms with Gasteiger partial charge in [-0.1, -0.05) is 71.9 Å². The average molecular weight is 491 g/mol. The van der Waals surface area contributed by atoms with E-state index in [9.17, 15) is 4.79 Å². The molecule has 0 aliphatic heterocycles. The van der Waals surface area contributed by atoms with Crippen molar-refractivity contribution in [1.82, 2.24) is 0 Å². The van der Waals surface area contributed by atoms with Crippen LogP contribution in [-0.2, 0) is 17.3 Å². The molecule has 0 heterocycles. The highest BCUT2D eigenvalue weighted by Crippen LogP contribution is 2.43. The Kier molecular flexibility index (Phi) is 8.02. The molecule has 0 N–H and O–H groups in total. The van der Waals surface area contributed by atoms with E-state index in [4.69, 9.17) is 18.9 Å². The summed E-state index contributed by atoms with van der Waals surface area (Å²) >= 11 is 0. The first kappa shape index (κ1) is 27.1. The molecule has 0 amide bonds. The van der Waals surface area contributed by atoms with Gasteiger partial charge in [0.15, 0.2) is 0 Å². The molecule has 0 aliphatic carbocycles. The minimum atomic E-state index is -0.473. The van der Waals surface area contributed by atoms with Gasteiger partial charge >= 0.3 is 5.97 Å². The molecule has 5 heteroatoms. The van der Waals surface area contributed by atoms with E-state index in [1.165, 1.54) is 0 Å². The van der Waals surface area contributed by atoms with Gasteiger partial charge in [-0.2, -0.15) is 0 Å². The summed E-state index contributed by atoms with van der Waals surface area (Å²) in [6.07, 6.45) is 0.614. The summed E-state index contributed by atoms with van der Waals surface area (Å²) < 4.78 is 23.1. The van der Waals surface area contributed by atoms with Gasteiger partial charge < -0.3 is 18.9 Å². The summed E-state index contributed by atoms with van der Waals surface area (Å²) in [6, 6.07) is 17.4. The number of carbonyl (C=O) groups is 1. The van der Waals surface area contributed by atoms with Crippen molar-refractivity contribution in [3.8, 4) is 23.0 Å². The monoisotopic (exact) mass is 490 g/mol. The molecule has 0 spiro atoms. The van der Waals surface area contributed by atoms with Gasteiger partial charge in [0.05, 0.1) is 26.9 Å². The van der Waals surface area contributed by atoms with E-state index < -0.39 is 5.97 Å². The second-order valence-electron chi connectivity index (χ2n) is 11.0. The van der Waals surface area contributed by atoms with Gasteiger partial charge in [-0.3, -0.25) is 0 Å². The Bertz CT molecular complexity index is 1150. The lowest BCUT2D eigenvalue weighted by Gasteiger charge is -2.29. The van der Waals surface area contributed by atoms with E-state index >= 15 is 0 Å². The maximum Gasteiger partial charge on any atom is 0.343 e. The lowest BCUT2D eigenvalue weighted by Crippen LogP contribution is -2.22. The van der Waals surface area contributed by atoms with E-state index in [0.717, 1.165) is 28.0 Å². The molecular formula is C31H38O5. The first-order valence-electron chi connectivity index (χ1n) is 12.1. The number of hydrogen-bond donors (Lipinski definition) is 0. The second kappa shape index (κ2) is 10.7. The minimum absolute atomic E-state index is 0.279. The quantitative estimate of drug-likeness (QED) is 0.261. The Labute approximate surface area is 215 Å². The van der Waals surface area contributed by atoms with Crippen LogP contribution >= 0.6 is 0 Å². The largest absolute Gasteiger partial charge is 0.497 e. The fraction of sp³-hybridized carbons (Fsp3) is 0.387. The molecule has 0 aromatic heterocycles. The molecular weight excluding hydrogens is 452 g/mol. The number of carbonyl (C=O) groups excluding carboxylic acids is 1. The standard InChI is InChI=1S/C31H38O5/c1-30(2,3)24-18-22(33-7)19-25(31(4,5)6)28(24)36-29(32)21-16-26(34-8)23(27(17-21)35-9)15-20-13-11-10-12-14-20/h10-14,16-19H,15H2,1-9H3. The SMILES string of the molecule is COc1cc(C(C)(C)C)c(OC(=O)c2cc(OC)c(Cc3ccccc3)c(OC)c2)c(C(C)(C)C)c1. The van der Waals surface area contributed by atoms with Crippen LogP contribution in [0.25, 0.3) is 0 Å². The molecule has 0 unspecified atom stereocenters. The summed E-state index contributed by atoms with van der Waals surface area (Å²) in [5, 5.41) is 0. The van der Waals surface area contributed by atoms with Crippen molar-refractivity contribution in [3.05, 3.63) is 82.4 Å². The predicted molar refractivity (Wildman–Crippen MR) is 144 cm³/mol. The topological polar surface area (TPSA) is 54.0 Å². The molecule has 0 aliphatic rings. The predicted octanol–water partition coefficient (Wildman–Crippen LogP) is 7.12. The number of methoxy groups -OCH3 is 3. The third-order valence-electron chi connectivity index (χ3n) is 6.18. The molecule has 0 saturated heterocycles. The normalized spacial score (nSPS) is 11.7. The Morgan fingerprint density at radius 3 is 1.64 bits per heavy atom. The van der Waals surface area contributed by atoms with Gasteiger partial charge in [0.1, 0.15) is 23.0 Å². The van der Waals surface area contributed by atoms with E-state index in [2.05, 4.69) is 41.5 Å². The van der Waals surface area contributed by atoms with Crippen LogP contribution in [0.15, 0.2) is 54.6 Å². The highest BCUT2D eigenvalue weighted by Gasteiger charge is 2.30. The van der Waals surface area contributed by atoms with Crippen molar-refractivity contribution < 1.29 is 23.7 Å². The molecule has 3 rings (SSSR count). The lowest BCUT2D eigenvalue weighted by atomic mass is 9.79. The van der Waals surface area contributed by atoms with Crippen LogP contribution in [0, 0.1) is 0 Å². The van der Waals surface area contributed by atoms with Gasteiger partial charge in [-0.05, 0) is 40.7 Å². The van der Waals surface area contributed by atoms with Crippen LogP contribution in [0.4, 0.5) is 0 Å². The Hall–Kier alpha value is -3.47. The molecule has 3 aromatic rings. The fourth-order valence-corrected chi connectivity index (χ4v) is 4.17. The second-order valence-corrected chi connectivity index (χ2v) is 11.0. The van der Waals surface area contributed by atoms with E-state index in [0.29, 0.717) is 29.2 Å². The molecule has 0 radical (unpaired) electrons. The summed E-state index contributed by atoms with van der Waals surface area (Å²) in [5.74, 6) is 1.98. The number of benzene rings is 3. The van der Waals surface area contributed by atoms with E-state index in [1.807, 2.05) is 42.5 Å². The van der Waals surface area contributed by atoms with Crippen molar-refractivity contribution in [1.29, 1.82) is 0 Å². The first-order chi connectivity index (χ1) is 16.9. The minimum Gasteiger partial charge on any atom is -0.497 e. The van der Waals surface area contributed by atoms with Crippen molar-refractivity contribution in [2.45, 2.75) is 58.8 Å². The molecule has 0 fully saturated rings. The highest BCUT2D eigenvalue weighted by molar-refractivity contribution is 5.93.